The van der Waals surface area contributed by atoms with Crippen molar-refractivity contribution in [3.05, 3.63) is 12.3 Å². The summed E-state index contributed by atoms with van der Waals surface area (Å²) in [4.78, 5) is 10.9. The van der Waals surface area contributed by atoms with Gasteiger partial charge in [-0.3, -0.25) is 10.1 Å². The molecule has 0 aromatic carbocycles. The molecule has 5 heteroatoms. The minimum absolute atomic E-state index is 0.113. The van der Waals surface area contributed by atoms with Crippen LogP contribution >= 0.6 is 24.4 Å². The summed E-state index contributed by atoms with van der Waals surface area (Å²) in [6.45, 7) is 5.13. The Balaban J connectivity index is 3.50. The quantitative estimate of drug-likeness (QED) is 0.334. The number of nitrogens with two attached hydrogens (primary N) is 1. The Kier molecular flexibility index (Phi) is 7.22. The van der Waals surface area contributed by atoms with Gasteiger partial charge >= 0.3 is 0 Å². The first-order valence-electron chi connectivity index (χ1n) is 3.93. The van der Waals surface area contributed by atoms with Crippen LogP contribution in [0.15, 0.2) is 12.3 Å². The lowest BCUT2D eigenvalue weighted by Crippen LogP contribution is -2.36. The summed E-state index contributed by atoms with van der Waals surface area (Å²) in [5.41, 5.74) is 6.03. The predicted octanol–water partition coefficient (Wildman–Crippen LogP) is 0.626. The van der Waals surface area contributed by atoms with Gasteiger partial charge in [0, 0.05) is 23.1 Å². The third-order valence-corrected chi connectivity index (χ3v) is 2.70. The van der Waals surface area contributed by atoms with Crippen LogP contribution in [-0.2, 0) is 4.79 Å². The summed E-state index contributed by atoms with van der Waals surface area (Å²) in [5.74, 6) is 2.05. The van der Waals surface area contributed by atoms with Crippen molar-refractivity contribution < 1.29 is 4.79 Å². The molecule has 0 aliphatic rings. The molecule has 3 N–H and O–H groups in total. The zero-order valence-electron chi connectivity index (χ0n) is 7.75. The molecule has 0 radical (unpaired) electrons. The number of hydrogen-bond acceptors (Lipinski definition) is 5. The highest BCUT2D eigenvalue weighted by Gasteiger charge is 2.09. The molecule has 1 atom stereocenters. The third kappa shape index (κ3) is 6.98. The molecule has 0 amide bonds. The molecular weight excluding hydrogens is 204 g/mol. The largest absolute Gasteiger partial charge is 0.402 e. The first kappa shape index (κ1) is 12.9. The van der Waals surface area contributed by atoms with Crippen molar-refractivity contribution in [3.63, 3.8) is 0 Å². The maximum atomic E-state index is 10.9. The van der Waals surface area contributed by atoms with Gasteiger partial charge < -0.3 is 5.73 Å². The van der Waals surface area contributed by atoms with Crippen LogP contribution < -0.4 is 11.1 Å². The van der Waals surface area contributed by atoms with Crippen molar-refractivity contribution in [1.29, 1.82) is 0 Å². The molecule has 0 aromatic heterocycles. The average molecular weight is 220 g/mol. The molecule has 13 heavy (non-hydrogen) atoms. The van der Waals surface area contributed by atoms with Crippen molar-refractivity contribution in [2.24, 2.45) is 5.73 Å². The van der Waals surface area contributed by atoms with Crippen LogP contribution in [-0.4, -0.2) is 29.2 Å². The van der Waals surface area contributed by atoms with Gasteiger partial charge in [0.1, 0.15) is 5.78 Å². The van der Waals surface area contributed by atoms with Crippen molar-refractivity contribution in [2.75, 3.05) is 17.4 Å². The Bertz CT molecular complexity index is 185. The Labute approximate surface area is 88.9 Å². The average Bonchev–Trinajstić information content (AvgIpc) is 2.03. The van der Waals surface area contributed by atoms with Gasteiger partial charge in [-0.05, 0) is 6.92 Å². The molecule has 0 saturated heterocycles. The predicted molar refractivity (Wildman–Crippen MR) is 62.1 cm³/mol. The standard InChI is InChI=1S/C8H16N2OS2/c1-6(9)4-13-5-10-8(3-12)7(2)11/h8,10,12H,1,3-5,9H2,2H3/t8-/m0/s1. The fourth-order valence-corrected chi connectivity index (χ4v) is 1.75. The van der Waals surface area contributed by atoms with Crippen LogP contribution in [0.25, 0.3) is 0 Å². The minimum atomic E-state index is -0.151. The molecule has 0 unspecified atom stereocenters. The number of nitrogens with one attached hydrogen (secondary N) is 1. The number of hydrogen-bond donors (Lipinski definition) is 3. The Morgan fingerprint density at radius 1 is 1.77 bits per heavy atom. The fraction of sp³-hybridized carbons (Fsp3) is 0.625. The minimum Gasteiger partial charge on any atom is -0.402 e. The number of thioether (sulfide) groups is 1. The van der Waals surface area contributed by atoms with Crippen molar-refractivity contribution in [1.82, 2.24) is 5.32 Å². The van der Waals surface area contributed by atoms with Crippen LogP contribution in [0.5, 0.6) is 0 Å². The molecule has 0 aliphatic heterocycles. The maximum absolute atomic E-state index is 10.9. The second-order valence-corrected chi connectivity index (χ2v) is 4.05. The summed E-state index contributed by atoms with van der Waals surface area (Å²) in [6.07, 6.45) is 0. The van der Waals surface area contributed by atoms with Crippen molar-refractivity contribution >= 4 is 30.2 Å². The number of carbonyl (C=O) groups excluding carboxylic acids is 1. The van der Waals surface area contributed by atoms with E-state index in [4.69, 9.17) is 5.73 Å². The first-order valence-corrected chi connectivity index (χ1v) is 5.72. The van der Waals surface area contributed by atoms with E-state index in [0.29, 0.717) is 23.1 Å². The van der Waals surface area contributed by atoms with Crippen LogP contribution in [0, 0.1) is 0 Å². The molecule has 0 fully saturated rings. The van der Waals surface area contributed by atoms with E-state index in [1.54, 1.807) is 18.7 Å². The molecule has 0 aromatic rings. The molecule has 0 aliphatic carbocycles. The van der Waals surface area contributed by atoms with Gasteiger partial charge in [0.15, 0.2) is 0 Å². The van der Waals surface area contributed by atoms with Gasteiger partial charge in [0.2, 0.25) is 0 Å². The number of ketones is 1. The molecule has 0 saturated carbocycles. The lowest BCUT2D eigenvalue weighted by Gasteiger charge is -2.12. The molecule has 0 spiro atoms. The molecule has 76 valence electrons. The third-order valence-electron chi connectivity index (χ3n) is 1.39. The highest BCUT2D eigenvalue weighted by Crippen LogP contribution is 2.01. The van der Waals surface area contributed by atoms with Gasteiger partial charge in [-0.2, -0.15) is 12.6 Å². The number of rotatable bonds is 7. The highest BCUT2D eigenvalue weighted by atomic mass is 32.2. The summed E-state index contributed by atoms with van der Waals surface area (Å²) >= 11 is 5.66. The van der Waals surface area contributed by atoms with E-state index in [0.717, 1.165) is 0 Å². The summed E-state index contributed by atoms with van der Waals surface area (Å²) in [6, 6.07) is -0.151. The number of carbonyl (C=O) groups is 1. The zero-order chi connectivity index (χ0) is 10.3. The Morgan fingerprint density at radius 2 is 2.38 bits per heavy atom. The zero-order valence-corrected chi connectivity index (χ0v) is 9.46. The second-order valence-electron chi connectivity index (χ2n) is 2.70. The van der Waals surface area contributed by atoms with Gasteiger partial charge in [0.25, 0.3) is 0 Å². The van der Waals surface area contributed by atoms with Crippen molar-refractivity contribution in [2.45, 2.75) is 13.0 Å². The van der Waals surface area contributed by atoms with Crippen LogP contribution in [0.1, 0.15) is 6.92 Å². The summed E-state index contributed by atoms with van der Waals surface area (Å²) in [7, 11) is 0. The fourth-order valence-electron chi connectivity index (χ4n) is 0.678. The van der Waals surface area contributed by atoms with Crippen LogP contribution in [0.2, 0.25) is 0 Å². The normalized spacial score (nSPS) is 12.5. The van der Waals surface area contributed by atoms with E-state index in [9.17, 15) is 4.79 Å². The molecular formula is C8H16N2OS2. The SMILES string of the molecule is C=C(N)CSCN[C@@H](CS)C(C)=O. The van der Waals surface area contributed by atoms with E-state index < -0.39 is 0 Å². The van der Waals surface area contributed by atoms with Gasteiger partial charge in [-0.15, -0.1) is 11.8 Å². The molecule has 0 rings (SSSR count). The monoisotopic (exact) mass is 220 g/mol. The van der Waals surface area contributed by atoms with Crippen LogP contribution in [0.3, 0.4) is 0 Å². The van der Waals surface area contributed by atoms with E-state index in [1.165, 1.54) is 0 Å². The van der Waals surface area contributed by atoms with Crippen molar-refractivity contribution in [3.8, 4) is 0 Å². The molecule has 0 bridgehead atoms. The molecule has 0 heterocycles. The lowest BCUT2D eigenvalue weighted by molar-refractivity contribution is -0.118. The molecule has 3 nitrogen and oxygen atoms in total. The van der Waals surface area contributed by atoms with E-state index in [2.05, 4.69) is 24.5 Å². The van der Waals surface area contributed by atoms with E-state index in [-0.39, 0.29) is 11.8 Å². The van der Waals surface area contributed by atoms with Gasteiger partial charge in [-0.25, -0.2) is 0 Å². The smallest absolute Gasteiger partial charge is 0.147 e. The summed E-state index contributed by atoms with van der Waals surface area (Å²) in [5, 5.41) is 3.06. The second kappa shape index (κ2) is 7.29. The van der Waals surface area contributed by atoms with Crippen LogP contribution in [0.4, 0.5) is 0 Å². The lowest BCUT2D eigenvalue weighted by atomic mass is 10.2. The summed E-state index contributed by atoms with van der Waals surface area (Å²) < 4.78 is 0. The highest BCUT2D eigenvalue weighted by molar-refractivity contribution is 7.99. The van der Waals surface area contributed by atoms with Gasteiger partial charge in [-0.1, -0.05) is 6.58 Å². The first-order chi connectivity index (χ1) is 6.07. The van der Waals surface area contributed by atoms with E-state index >= 15 is 0 Å². The number of Topliss-reactive ketones (excluding diaryl/α,β-unsaturated/α-hetero) is 1. The number of thiol groups is 1. The Hall–Kier alpha value is -0.130. The van der Waals surface area contributed by atoms with Gasteiger partial charge in [0.05, 0.1) is 6.04 Å². The topological polar surface area (TPSA) is 55.1 Å². The van der Waals surface area contributed by atoms with E-state index in [1.807, 2.05) is 0 Å². The maximum Gasteiger partial charge on any atom is 0.147 e. The Morgan fingerprint density at radius 3 is 2.77 bits per heavy atom.